The number of anilines is 4. The first kappa shape index (κ1) is 19.0. The predicted octanol–water partition coefficient (Wildman–Crippen LogP) is 4.69. The number of aryl methyl sites for hydroxylation is 1. The molecule has 0 spiro atoms. The maximum absolute atomic E-state index is 12.9. The van der Waals surface area contributed by atoms with Crippen molar-refractivity contribution in [2.75, 3.05) is 28.8 Å². The van der Waals surface area contributed by atoms with Crippen LogP contribution in [0.4, 0.5) is 27.9 Å². The lowest BCUT2D eigenvalue weighted by Crippen LogP contribution is -2.59. The molecule has 9 heteroatoms. The summed E-state index contributed by atoms with van der Waals surface area (Å²) in [4.78, 5) is 28.4. The van der Waals surface area contributed by atoms with E-state index in [1.807, 2.05) is 26.0 Å². The largest absolute Gasteiger partial charge is 0.343 e. The lowest BCUT2D eigenvalue weighted by Gasteiger charge is -2.45. The van der Waals surface area contributed by atoms with Gasteiger partial charge < -0.3 is 5.32 Å². The first-order valence-corrected chi connectivity index (χ1v) is 11.2. The third kappa shape index (κ3) is 3.13. The smallest absolute Gasteiger partial charge is 0.324 e. The summed E-state index contributed by atoms with van der Waals surface area (Å²) >= 11 is 1.67. The van der Waals surface area contributed by atoms with Crippen LogP contribution >= 0.6 is 11.3 Å². The van der Waals surface area contributed by atoms with Gasteiger partial charge in [-0.1, -0.05) is 12.8 Å². The number of amides is 2. The quantitative estimate of drug-likeness (QED) is 0.656. The molecule has 0 radical (unpaired) electrons. The Morgan fingerprint density at radius 2 is 2.03 bits per heavy atom. The van der Waals surface area contributed by atoms with Gasteiger partial charge in [0.15, 0.2) is 5.82 Å². The van der Waals surface area contributed by atoms with Gasteiger partial charge in [0.2, 0.25) is 5.95 Å². The van der Waals surface area contributed by atoms with E-state index in [0.717, 1.165) is 45.3 Å². The second kappa shape index (κ2) is 7.39. The van der Waals surface area contributed by atoms with Crippen molar-refractivity contribution < 1.29 is 4.79 Å². The van der Waals surface area contributed by atoms with Crippen molar-refractivity contribution in [2.24, 2.45) is 0 Å². The molecule has 30 heavy (non-hydrogen) atoms. The highest BCUT2D eigenvalue weighted by Gasteiger charge is 2.39. The number of hydrogen-bond acceptors (Lipinski definition) is 7. The summed E-state index contributed by atoms with van der Waals surface area (Å²) in [6.07, 6.45) is 6.25. The van der Waals surface area contributed by atoms with E-state index in [1.165, 1.54) is 12.8 Å². The lowest BCUT2D eigenvalue weighted by molar-refractivity contribution is 0.191. The molecule has 2 amide bonds. The van der Waals surface area contributed by atoms with E-state index >= 15 is 0 Å². The van der Waals surface area contributed by atoms with Crippen molar-refractivity contribution in [3.8, 4) is 0 Å². The van der Waals surface area contributed by atoms with Crippen molar-refractivity contribution in [2.45, 2.75) is 45.6 Å². The van der Waals surface area contributed by atoms with E-state index in [-0.39, 0.29) is 6.03 Å². The molecule has 1 fully saturated rings. The van der Waals surface area contributed by atoms with E-state index in [1.54, 1.807) is 34.5 Å². The number of nitrogens with zero attached hydrogens (tertiary/aromatic N) is 6. The Kier molecular flexibility index (Phi) is 4.69. The molecule has 1 saturated carbocycles. The minimum absolute atomic E-state index is 0.0350. The summed E-state index contributed by atoms with van der Waals surface area (Å²) < 4.78 is 1.13. The summed E-state index contributed by atoms with van der Waals surface area (Å²) in [7, 11) is 1.78. The van der Waals surface area contributed by atoms with Crippen LogP contribution in [0.15, 0.2) is 24.4 Å². The van der Waals surface area contributed by atoms with Gasteiger partial charge in [0.25, 0.3) is 0 Å². The van der Waals surface area contributed by atoms with Gasteiger partial charge in [0.05, 0.1) is 27.5 Å². The lowest BCUT2D eigenvalue weighted by atomic mass is 10.2. The second-order valence-electron chi connectivity index (χ2n) is 7.78. The van der Waals surface area contributed by atoms with Crippen LogP contribution < -0.4 is 15.2 Å². The standard InChI is InChI=1S/C21H25N7OS/c1-4-27-21(29)26(3)17-12-22-20(25-19(17)28(27)15-7-5-6-8-15)24-14-9-10-16-18(11-14)30-13(2)23-16/h9-12,15H,4-8H2,1-3H3,(H,22,24,25). The highest BCUT2D eigenvalue weighted by Crippen LogP contribution is 2.39. The zero-order chi connectivity index (χ0) is 20.8. The summed E-state index contributed by atoms with van der Waals surface area (Å²) in [5.74, 6) is 1.31. The molecule has 1 aliphatic carbocycles. The van der Waals surface area contributed by atoms with Gasteiger partial charge in [-0.25, -0.2) is 19.8 Å². The average molecular weight is 424 g/mol. The molecule has 8 nitrogen and oxygen atoms in total. The minimum Gasteiger partial charge on any atom is -0.324 e. The number of rotatable bonds is 4. The molecular weight excluding hydrogens is 398 g/mol. The monoisotopic (exact) mass is 423 g/mol. The minimum atomic E-state index is -0.0350. The molecule has 0 bridgehead atoms. The van der Waals surface area contributed by atoms with E-state index in [4.69, 9.17) is 4.98 Å². The van der Waals surface area contributed by atoms with Crippen LogP contribution in [0.2, 0.25) is 0 Å². The van der Waals surface area contributed by atoms with Crippen LogP contribution in [0.1, 0.15) is 37.6 Å². The molecule has 2 aromatic heterocycles. The SMILES string of the molecule is CCN1C(=O)N(C)c2cnc(Nc3ccc4nc(C)sc4c3)nc2N1C1CCCC1. The predicted molar refractivity (Wildman–Crippen MR) is 121 cm³/mol. The molecule has 5 rings (SSSR count). The normalized spacial score (nSPS) is 17.2. The first-order valence-electron chi connectivity index (χ1n) is 10.4. The number of thiazole rings is 1. The number of nitrogens with one attached hydrogen (secondary N) is 1. The summed E-state index contributed by atoms with van der Waals surface area (Å²) in [6.45, 7) is 4.62. The van der Waals surface area contributed by atoms with Gasteiger partial charge >= 0.3 is 6.03 Å². The Bertz CT molecular complexity index is 1110. The van der Waals surface area contributed by atoms with Gasteiger partial charge in [0.1, 0.15) is 5.69 Å². The van der Waals surface area contributed by atoms with Crippen LogP contribution in [-0.2, 0) is 0 Å². The van der Waals surface area contributed by atoms with Crippen molar-refractivity contribution in [3.63, 3.8) is 0 Å². The number of carbonyl (C=O) groups is 1. The fraction of sp³-hybridized carbons (Fsp3) is 0.429. The number of hydrazine groups is 1. The molecule has 1 aromatic carbocycles. The summed E-state index contributed by atoms with van der Waals surface area (Å²) in [6, 6.07) is 6.33. The molecule has 1 aliphatic heterocycles. The van der Waals surface area contributed by atoms with E-state index < -0.39 is 0 Å². The fourth-order valence-electron chi connectivity index (χ4n) is 4.37. The maximum atomic E-state index is 12.9. The molecule has 0 atom stereocenters. The van der Waals surface area contributed by atoms with Crippen LogP contribution in [0.25, 0.3) is 10.2 Å². The Labute approximate surface area is 179 Å². The number of urea groups is 1. The van der Waals surface area contributed by atoms with Crippen molar-refractivity contribution >= 4 is 50.7 Å². The highest BCUT2D eigenvalue weighted by atomic mass is 32.1. The fourth-order valence-corrected chi connectivity index (χ4v) is 5.23. The first-order chi connectivity index (χ1) is 14.5. The second-order valence-corrected chi connectivity index (χ2v) is 9.02. The molecule has 3 heterocycles. The third-order valence-electron chi connectivity index (χ3n) is 5.82. The van der Waals surface area contributed by atoms with Gasteiger partial charge in [-0.2, -0.15) is 4.98 Å². The zero-order valence-electron chi connectivity index (χ0n) is 17.4. The average Bonchev–Trinajstić information content (AvgIpc) is 3.39. The van der Waals surface area contributed by atoms with Crippen LogP contribution in [-0.4, -0.2) is 45.6 Å². The number of aromatic nitrogens is 3. The van der Waals surface area contributed by atoms with Gasteiger partial charge in [0, 0.05) is 19.3 Å². The van der Waals surface area contributed by atoms with Crippen LogP contribution in [0, 0.1) is 6.92 Å². The molecule has 0 saturated heterocycles. The number of fused-ring (bicyclic) bond motifs is 2. The Morgan fingerprint density at radius 1 is 1.23 bits per heavy atom. The van der Waals surface area contributed by atoms with Crippen molar-refractivity contribution in [1.82, 2.24) is 20.0 Å². The zero-order valence-corrected chi connectivity index (χ0v) is 18.2. The Morgan fingerprint density at radius 3 is 2.80 bits per heavy atom. The van der Waals surface area contributed by atoms with Crippen LogP contribution in [0.5, 0.6) is 0 Å². The molecule has 2 aliphatic rings. The van der Waals surface area contributed by atoms with E-state index in [2.05, 4.69) is 26.4 Å². The molecule has 1 N–H and O–H groups in total. The van der Waals surface area contributed by atoms with Crippen molar-refractivity contribution in [1.29, 1.82) is 0 Å². The molecule has 3 aromatic rings. The van der Waals surface area contributed by atoms with Crippen molar-refractivity contribution in [3.05, 3.63) is 29.4 Å². The highest BCUT2D eigenvalue weighted by molar-refractivity contribution is 7.18. The number of benzene rings is 1. The number of hydrogen-bond donors (Lipinski definition) is 1. The Balaban J connectivity index is 1.52. The Hall–Kier alpha value is -2.94. The van der Waals surface area contributed by atoms with Gasteiger partial charge in [-0.05, 0) is 44.9 Å². The van der Waals surface area contributed by atoms with E-state index in [0.29, 0.717) is 18.5 Å². The third-order valence-corrected chi connectivity index (χ3v) is 6.75. The molecule has 0 unspecified atom stereocenters. The molecule has 156 valence electrons. The van der Waals surface area contributed by atoms with Gasteiger partial charge in [-0.3, -0.25) is 9.91 Å². The number of carbonyl (C=O) groups excluding carboxylic acids is 1. The van der Waals surface area contributed by atoms with Crippen LogP contribution in [0.3, 0.4) is 0 Å². The van der Waals surface area contributed by atoms with E-state index in [9.17, 15) is 4.79 Å². The topological polar surface area (TPSA) is 77.5 Å². The molecular formula is C21H25N7OS. The summed E-state index contributed by atoms with van der Waals surface area (Å²) in [5, 5.41) is 8.29. The van der Waals surface area contributed by atoms with Gasteiger partial charge in [-0.15, -0.1) is 11.3 Å². The summed E-state index contributed by atoms with van der Waals surface area (Å²) in [5.41, 5.74) is 2.67. The maximum Gasteiger partial charge on any atom is 0.343 e.